The molecule has 3 fully saturated rings. The third-order valence-electron chi connectivity index (χ3n) is 6.01. The normalized spacial score (nSPS) is 24.8. The first-order valence-corrected chi connectivity index (χ1v) is 9.36. The zero-order valence-corrected chi connectivity index (χ0v) is 15.2. The van der Waals surface area contributed by atoms with Crippen LogP contribution in [-0.4, -0.2) is 60.4 Å². The van der Waals surface area contributed by atoms with Crippen LogP contribution in [-0.2, 0) is 4.74 Å². The van der Waals surface area contributed by atoms with Crippen LogP contribution in [0.2, 0.25) is 0 Å². The van der Waals surface area contributed by atoms with Gasteiger partial charge in [0.05, 0.1) is 18.8 Å². The second kappa shape index (κ2) is 6.93. The first-order valence-electron chi connectivity index (χ1n) is 9.36. The van der Waals surface area contributed by atoms with Crippen LogP contribution >= 0.6 is 0 Å². The highest BCUT2D eigenvalue weighted by molar-refractivity contribution is 6.06. The molecule has 3 aliphatic rings. The number of benzene rings is 1. The lowest BCUT2D eigenvalue weighted by molar-refractivity contribution is -0.0304. The summed E-state index contributed by atoms with van der Waals surface area (Å²) in [5.41, 5.74) is 2.49. The number of aromatic nitrogens is 1. The molecule has 0 amide bonds. The molecule has 5 rings (SSSR count). The van der Waals surface area contributed by atoms with Crippen LogP contribution in [0.1, 0.15) is 35.2 Å². The highest BCUT2D eigenvalue weighted by atomic mass is 16.5. The fourth-order valence-corrected chi connectivity index (χ4v) is 4.26. The Morgan fingerprint density at radius 3 is 2.69 bits per heavy atom. The predicted molar refractivity (Wildman–Crippen MR) is 98.6 cm³/mol. The number of aliphatic hydroxyl groups is 1. The van der Waals surface area contributed by atoms with E-state index in [1.807, 2.05) is 19.1 Å². The summed E-state index contributed by atoms with van der Waals surface area (Å²) in [7, 11) is 0. The van der Waals surface area contributed by atoms with Crippen molar-refractivity contribution in [1.29, 1.82) is 0 Å². The number of nitrogens with zero attached hydrogens (tertiary/aromatic N) is 1. The SMILES string of the molecule is Cc1c(OCCO)ccc2[nH]cc(C(=O)OCC34CCN(CC3)CC4)c12. The summed E-state index contributed by atoms with van der Waals surface area (Å²) >= 11 is 0. The quantitative estimate of drug-likeness (QED) is 0.776. The Kier molecular flexibility index (Phi) is 4.63. The van der Waals surface area contributed by atoms with Gasteiger partial charge in [-0.1, -0.05) is 0 Å². The molecule has 4 heterocycles. The second-order valence-corrected chi connectivity index (χ2v) is 7.55. The van der Waals surface area contributed by atoms with Gasteiger partial charge in [0.1, 0.15) is 12.4 Å². The smallest absolute Gasteiger partial charge is 0.340 e. The van der Waals surface area contributed by atoms with Crippen LogP contribution in [0.4, 0.5) is 0 Å². The molecule has 0 radical (unpaired) electrons. The summed E-state index contributed by atoms with van der Waals surface area (Å²) in [6, 6.07) is 3.75. The highest BCUT2D eigenvalue weighted by Crippen LogP contribution is 2.40. The third-order valence-corrected chi connectivity index (χ3v) is 6.01. The number of carbonyl (C=O) groups is 1. The van der Waals surface area contributed by atoms with E-state index in [0.29, 0.717) is 17.9 Å². The Hall–Kier alpha value is -2.05. The summed E-state index contributed by atoms with van der Waals surface area (Å²) in [4.78, 5) is 18.4. The van der Waals surface area contributed by atoms with E-state index in [2.05, 4.69) is 9.88 Å². The average molecular weight is 358 g/mol. The van der Waals surface area contributed by atoms with E-state index in [-0.39, 0.29) is 24.6 Å². The summed E-state index contributed by atoms with van der Waals surface area (Å²) in [6.45, 7) is 5.98. The molecule has 1 aromatic heterocycles. The average Bonchev–Trinajstić information content (AvgIpc) is 3.12. The zero-order valence-electron chi connectivity index (χ0n) is 15.2. The maximum Gasteiger partial charge on any atom is 0.340 e. The van der Waals surface area contributed by atoms with Crippen LogP contribution < -0.4 is 4.74 Å². The van der Waals surface area contributed by atoms with E-state index in [4.69, 9.17) is 14.6 Å². The Morgan fingerprint density at radius 2 is 2.00 bits per heavy atom. The first kappa shape index (κ1) is 17.4. The van der Waals surface area contributed by atoms with Gasteiger partial charge in [-0.15, -0.1) is 0 Å². The maximum atomic E-state index is 12.8. The molecule has 0 aliphatic carbocycles. The molecule has 3 saturated heterocycles. The number of ether oxygens (including phenoxy) is 2. The van der Waals surface area contributed by atoms with Crippen molar-refractivity contribution in [1.82, 2.24) is 9.88 Å². The number of H-pyrrole nitrogens is 1. The van der Waals surface area contributed by atoms with Gasteiger partial charge >= 0.3 is 5.97 Å². The number of hydrogen-bond acceptors (Lipinski definition) is 5. The molecule has 2 N–H and O–H groups in total. The lowest BCUT2D eigenvalue weighted by Gasteiger charge is -2.47. The number of fused-ring (bicyclic) bond motifs is 4. The van der Waals surface area contributed by atoms with Crippen molar-refractivity contribution in [2.45, 2.75) is 26.2 Å². The maximum absolute atomic E-state index is 12.8. The molecule has 140 valence electrons. The molecule has 2 bridgehead atoms. The van der Waals surface area contributed by atoms with Crippen LogP contribution in [0.25, 0.3) is 10.9 Å². The molecule has 0 atom stereocenters. The minimum Gasteiger partial charge on any atom is -0.491 e. The van der Waals surface area contributed by atoms with Gasteiger partial charge in [0.2, 0.25) is 0 Å². The van der Waals surface area contributed by atoms with E-state index in [0.717, 1.165) is 55.4 Å². The molecule has 2 aromatic rings. The van der Waals surface area contributed by atoms with Crippen molar-refractivity contribution >= 4 is 16.9 Å². The molecule has 26 heavy (non-hydrogen) atoms. The number of rotatable bonds is 6. The van der Waals surface area contributed by atoms with Crippen LogP contribution in [0.3, 0.4) is 0 Å². The number of aliphatic hydroxyl groups excluding tert-OH is 1. The highest BCUT2D eigenvalue weighted by Gasteiger charge is 2.40. The number of piperidine rings is 3. The van der Waals surface area contributed by atoms with Crippen LogP contribution in [0, 0.1) is 12.3 Å². The van der Waals surface area contributed by atoms with Crippen molar-refractivity contribution in [3.05, 3.63) is 29.5 Å². The van der Waals surface area contributed by atoms with Gasteiger partial charge in [-0.2, -0.15) is 0 Å². The van der Waals surface area contributed by atoms with Crippen molar-refractivity contribution in [3.8, 4) is 5.75 Å². The number of nitrogens with one attached hydrogen (secondary N) is 1. The molecular formula is C20H26N2O4. The lowest BCUT2D eigenvalue weighted by atomic mass is 9.73. The number of carbonyl (C=O) groups excluding carboxylic acids is 1. The monoisotopic (exact) mass is 358 g/mol. The van der Waals surface area contributed by atoms with E-state index < -0.39 is 0 Å². The summed E-state index contributed by atoms with van der Waals surface area (Å²) in [5.74, 6) is 0.402. The van der Waals surface area contributed by atoms with Crippen molar-refractivity contribution in [2.24, 2.45) is 5.41 Å². The van der Waals surface area contributed by atoms with Gasteiger partial charge in [0, 0.05) is 28.1 Å². The molecule has 0 unspecified atom stereocenters. The Bertz CT molecular complexity index is 792. The number of aryl methyl sites for hydroxylation is 1. The molecule has 6 nitrogen and oxygen atoms in total. The first-order chi connectivity index (χ1) is 12.6. The molecule has 3 aliphatic heterocycles. The molecule has 0 saturated carbocycles. The van der Waals surface area contributed by atoms with Crippen LogP contribution in [0.5, 0.6) is 5.75 Å². The minimum atomic E-state index is -0.277. The van der Waals surface area contributed by atoms with E-state index >= 15 is 0 Å². The molecule has 0 spiro atoms. The fraction of sp³-hybridized carbons (Fsp3) is 0.550. The van der Waals surface area contributed by atoms with E-state index in [1.165, 1.54) is 0 Å². The number of hydrogen-bond donors (Lipinski definition) is 2. The summed E-state index contributed by atoms with van der Waals surface area (Å²) in [6.07, 6.45) is 5.07. The van der Waals surface area contributed by atoms with Gasteiger partial charge in [-0.3, -0.25) is 0 Å². The Labute approximate surface area is 153 Å². The summed E-state index contributed by atoms with van der Waals surface area (Å²) < 4.78 is 11.3. The molecule has 1 aromatic carbocycles. The standard InChI is InChI=1S/C20H26N2O4/c1-14-17(25-11-10-23)3-2-16-18(14)15(12-21-16)19(24)26-13-20-4-7-22(8-5-20)9-6-20/h2-3,12,21,23H,4-11,13H2,1H3. The van der Waals surface area contributed by atoms with Gasteiger partial charge < -0.3 is 24.5 Å². The molecular weight excluding hydrogens is 332 g/mol. The van der Waals surface area contributed by atoms with Crippen molar-refractivity contribution in [3.63, 3.8) is 0 Å². The topological polar surface area (TPSA) is 74.8 Å². The van der Waals surface area contributed by atoms with Crippen molar-refractivity contribution in [2.75, 3.05) is 39.5 Å². The lowest BCUT2D eigenvalue weighted by Crippen LogP contribution is -2.50. The van der Waals surface area contributed by atoms with Gasteiger partial charge in [-0.05, 0) is 58.0 Å². The Balaban J connectivity index is 1.53. The second-order valence-electron chi connectivity index (χ2n) is 7.55. The van der Waals surface area contributed by atoms with Gasteiger partial charge in [0.25, 0.3) is 0 Å². The van der Waals surface area contributed by atoms with Crippen LogP contribution in [0.15, 0.2) is 18.3 Å². The number of aromatic amines is 1. The third kappa shape index (κ3) is 3.08. The van der Waals surface area contributed by atoms with E-state index in [9.17, 15) is 4.79 Å². The predicted octanol–water partition coefficient (Wildman–Crippen LogP) is 2.49. The van der Waals surface area contributed by atoms with Crippen molar-refractivity contribution < 1.29 is 19.4 Å². The summed E-state index contributed by atoms with van der Waals surface area (Å²) in [5, 5.41) is 9.81. The van der Waals surface area contributed by atoms with Gasteiger partial charge in [-0.25, -0.2) is 4.79 Å². The Morgan fingerprint density at radius 1 is 1.27 bits per heavy atom. The largest absolute Gasteiger partial charge is 0.491 e. The molecule has 6 heteroatoms. The zero-order chi connectivity index (χ0) is 18.1. The number of esters is 1. The minimum absolute atomic E-state index is 0.0426. The van der Waals surface area contributed by atoms with Gasteiger partial charge in [0.15, 0.2) is 0 Å². The fourth-order valence-electron chi connectivity index (χ4n) is 4.26. The van der Waals surface area contributed by atoms with E-state index in [1.54, 1.807) is 6.20 Å².